The molecule has 0 aromatic heterocycles. The molecule has 0 aromatic carbocycles. The molecule has 0 spiro atoms. The first-order chi connectivity index (χ1) is 10.00. The minimum atomic E-state index is -4.58. The molecule has 2 atom stereocenters. The molecule has 1 aliphatic heterocycles. The molecule has 0 bridgehead atoms. The van der Waals surface area contributed by atoms with E-state index in [0.717, 1.165) is 5.57 Å². The van der Waals surface area contributed by atoms with E-state index in [1.807, 2.05) is 26.8 Å². The molecule has 120 valence electrons. The lowest BCUT2D eigenvalue weighted by atomic mass is 9.85. The number of hydrogen-bond acceptors (Lipinski definition) is 2. The molecule has 0 aromatic rings. The Morgan fingerprint density at radius 1 is 1.23 bits per heavy atom. The Balaban J connectivity index is 2.51. The van der Waals surface area contributed by atoms with Crippen molar-refractivity contribution in [3.8, 4) is 0 Å². The van der Waals surface area contributed by atoms with Crippen LogP contribution >= 0.6 is 11.8 Å². The molecular formula is C16H17F3O2S. The number of carbonyl (C=O) groups is 1. The molecule has 2 unspecified atom stereocenters. The molecule has 1 heterocycles. The largest absolute Gasteiger partial charge is 0.478 e. The first-order valence-electron chi connectivity index (χ1n) is 6.78. The van der Waals surface area contributed by atoms with Gasteiger partial charge in [0.15, 0.2) is 0 Å². The van der Waals surface area contributed by atoms with E-state index < -0.39 is 28.2 Å². The summed E-state index contributed by atoms with van der Waals surface area (Å²) in [6.45, 7) is 6.00. The van der Waals surface area contributed by atoms with Crippen LogP contribution in [0.4, 0.5) is 13.2 Å². The fraction of sp³-hybridized carbons (Fsp3) is 0.438. The summed E-state index contributed by atoms with van der Waals surface area (Å²) in [7, 11) is 0. The van der Waals surface area contributed by atoms with Gasteiger partial charge in [-0.05, 0) is 22.6 Å². The predicted octanol–water partition coefficient (Wildman–Crippen LogP) is 4.51. The number of allylic oxidation sites excluding steroid dienone is 5. The van der Waals surface area contributed by atoms with Crippen LogP contribution in [0.5, 0.6) is 0 Å². The van der Waals surface area contributed by atoms with Gasteiger partial charge in [-0.15, -0.1) is 11.8 Å². The van der Waals surface area contributed by atoms with Gasteiger partial charge < -0.3 is 5.11 Å². The quantitative estimate of drug-likeness (QED) is 0.768. The van der Waals surface area contributed by atoms with Crippen molar-refractivity contribution in [2.75, 3.05) is 0 Å². The zero-order valence-electron chi connectivity index (χ0n) is 12.4. The molecule has 0 amide bonds. The number of carboxylic acid groups (broad SMARTS) is 1. The zero-order chi connectivity index (χ0) is 16.7. The second-order valence-corrected chi connectivity index (χ2v) is 7.54. The van der Waals surface area contributed by atoms with Crippen LogP contribution in [-0.2, 0) is 4.79 Å². The summed E-state index contributed by atoms with van der Waals surface area (Å²) in [5.41, 5.74) is 0.768. The van der Waals surface area contributed by atoms with Crippen molar-refractivity contribution >= 4 is 17.7 Å². The highest BCUT2D eigenvalue weighted by Gasteiger charge is 2.48. The predicted molar refractivity (Wildman–Crippen MR) is 81.7 cm³/mol. The Morgan fingerprint density at radius 2 is 1.86 bits per heavy atom. The Morgan fingerprint density at radius 3 is 2.36 bits per heavy atom. The highest BCUT2D eigenvalue weighted by Crippen LogP contribution is 2.45. The number of aliphatic carboxylic acids is 1. The summed E-state index contributed by atoms with van der Waals surface area (Å²) in [4.78, 5) is 11.2. The van der Waals surface area contributed by atoms with Gasteiger partial charge in [-0.1, -0.05) is 45.1 Å². The van der Waals surface area contributed by atoms with Crippen molar-refractivity contribution < 1.29 is 23.1 Å². The highest BCUT2D eigenvalue weighted by molar-refractivity contribution is 8.01. The van der Waals surface area contributed by atoms with Gasteiger partial charge in [-0.3, -0.25) is 0 Å². The molecule has 1 N–H and O–H groups in total. The van der Waals surface area contributed by atoms with Crippen LogP contribution in [-0.4, -0.2) is 27.8 Å². The van der Waals surface area contributed by atoms with E-state index in [-0.39, 0.29) is 5.41 Å². The summed E-state index contributed by atoms with van der Waals surface area (Å²) in [6, 6.07) is 0. The van der Waals surface area contributed by atoms with E-state index in [9.17, 15) is 18.0 Å². The average Bonchev–Trinajstić information content (AvgIpc) is 2.56. The van der Waals surface area contributed by atoms with E-state index in [1.54, 1.807) is 18.2 Å². The molecule has 1 aliphatic carbocycles. The number of carboxylic acids is 1. The lowest BCUT2D eigenvalue weighted by Crippen LogP contribution is -2.35. The number of hydrogen-bond donors (Lipinski definition) is 1. The van der Waals surface area contributed by atoms with Crippen LogP contribution in [0, 0.1) is 5.41 Å². The van der Waals surface area contributed by atoms with Crippen molar-refractivity contribution in [2.45, 2.75) is 37.4 Å². The summed E-state index contributed by atoms with van der Waals surface area (Å²) in [5.74, 6) is -1.52. The van der Waals surface area contributed by atoms with Crippen LogP contribution in [0.1, 0.15) is 20.8 Å². The van der Waals surface area contributed by atoms with Crippen LogP contribution in [0.3, 0.4) is 0 Å². The van der Waals surface area contributed by atoms with Gasteiger partial charge in [0, 0.05) is 5.25 Å². The van der Waals surface area contributed by atoms with Gasteiger partial charge in [0.05, 0.1) is 5.57 Å². The normalized spacial score (nSPS) is 25.6. The van der Waals surface area contributed by atoms with Crippen LogP contribution in [0.25, 0.3) is 0 Å². The van der Waals surface area contributed by atoms with E-state index >= 15 is 0 Å². The second-order valence-electron chi connectivity index (χ2n) is 6.28. The standard InChI is InChI=1S/C16H17F3O2S/c1-15(2,3)10-5-4-6-12-9(7-10)8-11(14(20)21)13(22-12)16(17,18)19/h4-8,12-13H,1-3H3,(H,20,21). The van der Waals surface area contributed by atoms with Crippen molar-refractivity contribution in [1.82, 2.24) is 0 Å². The number of halogens is 3. The van der Waals surface area contributed by atoms with E-state index in [1.165, 1.54) is 6.08 Å². The molecule has 0 radical (unpaired) electrons. The van der Waals surface area contributed by atoms with Crippen molar-refractivity contribution in [2.24, 2.45) is 5.41 Å². The Labute approximate surface area is 131 Å². The zero-order valence-corrected chi connectivity index (χ0v) is 13.3. The molecule has 0 fully saturated rings. The van der Waals surface area contributed by atoms with Gasteiger partial charge in [0.2, 0.25) is 0 Å². The minimum Gasteiger partial charge on any atom is -0.478 e. The van der Waals surface area contributed by atoms with Gasteiger partial charge in [0.25, 0.3) is 0 Å². The average molecular weight is 330 g/mol. The molecule has 2 nitrogen and oxygen atoms in total. The van der Waals surface area contributed by atoms with E-state index in [0.29, 0.717) is 17.3 Å². The third-order valence-corrected chi connectivity index (χ3v) is 5.03. The monoisotopic (exact) mass is 330 g/mol. The second kappa shape index (κ2) is 5.65. The molecule has 0 saturated carbocycles. The maximum atomic E-state index is 13.1. The minimum absolute atomic E-state index is 0.172. The van der Waals surface area contributed by atoms with Crippen molar-refractivity contribution in [3.63, 3.8) is 0 Å². The third kappa shape index (κ3) is 3.48. The Hall–Kier alpha value is -1.43. The van der Waals surface area contributed by atoms with Gasteiger partial charge in [0.1, 0.15) is 5.25 Å². The van der Waals surface area contributed by atoms with Gasteiger partial charge in [-0.25, -0.2) is 4.79 Å². The summed E-state index contributed by atoms with van der Waals surface area (Å²) in [5, 5.41) is 6.62. The highest BCUT2D eigenvalue weighted by atomic mass is 32.2. The maximum Gasteiger partial charge on any atom is 0.404 e. The maximum absolute atomic E-state index is 13.1. The SMILES string of the molecule is CC(C)(C)C1=CC=CC2SC(C(F)(F)F)C(C(=O)O)=CC2=C1. The number of thioether (sulfide) groups is 1. The molecule has 22 heavy (non-hydrogen) atoms. The lowest BCUT2D eigenvalue weighted by molar-refractivity contribution is -0.140. The third-order valence-electron chi connectivity index (χ3n) is 3.51. The van der Waals surface area contributed by atoms with Gasteiger partial charge in [-0.2, -0.15) is 13.2 Å². The van der Waals surface area contributed by atoms with Crippen LogP contribution in [0.2, 0.25) is 0 Å². The number of fused-ring (bicyclic) bond motifs is 1. The fourth-order valence-electron chi connectivity index (χ4n) is 2.30. The number of alkyl halides is 3. The smallest absolute Gasteiger partial charge is 0.404 e. The summed E-state index contributed by atoms with van der Waals surface area (Å²) in [6.07, 6.45) is 3.69. The van der Waals surface area contributed by atoms with Gasteiger partial charge >= 0.3 is 12.1 Å². The Bertz CT molecular complexity index is 604. The molecular weight excluding hydrogens is 313 g/mol. The van der Waals surface area contributed by atoms with Crippen molar-refractivity contribution in [3.05, 3.63) is 47.1 Å². The fourth-order valence-corrected chi connectivity index (χ4v) is 3.54. The molecule has 2 aliphatic rings. The number of rotatable bonds is 1. The summed E-state index contributed by atoms with van der Waals surface area (Å²) < 4.78 is 39.3. The van der Waals surface area contributed by atoms with Crippen LogP contribution < -0.4 is 0 Å². The first kappa shape index (κ1) is 16.9. The molecule has 0 saturated heterocycles. The first-order valence-corrected chi connectivity index (χ1v) is 7.72. The molecule has 6 heteroatoms. The van der Waals surface area contributed by atoms with Crippen molar-refractivity contribution in [1.29, 1.82) is 0 Å². The van der Waals surface area contributed by atoms with Crippen LogP contribution in [0.15, 0.2) is 47.1 Å². The van der Waals surface area contributed by atoms with E-state index in [4.69, 9.17) is 5.11 Å². The Kier molecular flexibility index (Phi) is 4.35. The lowest BCUT2D eigenvalue weighted by Gasteiger charge is -2.30. The molecule has 2 rings (SSSR count). The van der Waals surface area contributed by atoms with E-state index in [2.05, 4.69) is 0 Å². The summed E-state index contributed by atoms with van der Waals surface area (Å²) >= 11 is 0.622. The topological polar surface area (TPSA) is 37.3 Å².